The van der Waals surface area contributed by atoms with Crippen LogP contribution in [-0.4, -0.2) is 48.6 Å². The Kier molecular flexibility index (Phi) is 8.40. The molecule has 2 N–H and O–H groups in total. The summed E-state index contributed by atoms with van der Waals surface area (Å²) < 4.78 is 5.74. The molecule has 1 saturated carbocycles. The SMILES string of the molecule is CCCC1CCC(NC(=NC)NCC2CCN(Cc3nc(C)c(C)o3)CC2)CC1. The van der Waals surface area contributed by atoms with E-state index in [-0.39, 0.29) is 0 Å². The lowest BCUT2D eigenvalue weighted by Gasteiger charge is -2.32. The fraction of sp³-hybridized carbons (Fsp3) is 0.826. The first kappa shape index (κ1) is 22.1. The summed E-state index contributed by atoms with van der Waals surface area (Å²) in [6.07, 6.45) is 10.4. The van der Waals surface area contributed by atoms with Crippen molar-refractivity contribution in [3.8, 4) is 0 Å². The third kappa shape index (κ3) is 6.73. The number of hydrogen-bond donors (Lipinski definition) is 2. The molecule has 0 radical (unpaired) electrons. The van der Waals surface area contributed by atoms with Gasteiger partial charge in [-0.1, -0.05) is 19.8 Å². The first-order valence-electron chi connectivity index (χ1n) is 11.7. The molecule has 1 aliphatic carbocycles. The molecular weight excluding hydrogens is 362 g/mol. The highest BCUT2D eigenvalue weighted by Gasteiger charge is 2.23. The third-order valence-electron chi connectivity index (χ3n) is 6.81. The number of nitrogens with one attached hydrogen (secondary N) is 2. The van der Waals surface area contributed by atoms with Crippen LogP contribution in [0.3, 0.4) is 0 Å². The Labute approximate surface area is 176 Å². The summed E-state index contributed by atoms with van der Waals surface area (Å²) >= 11 is 0. The maximum absolute atomic E-state index is 5.74. The monoisotopic (exact) mass is 403 g/mol. The van der Waals surface area contributed by atoms with Crippen molar-refractivity contribution in [1.29, 1.82) is 0 Å². The molecule has 2 aliphatic rings. The van der Waals surface area contributed by atoms with Crippen molar-refractivity contribution >= 4 is 5.96 Å². The van der Waals surface area contributed by atoms with E-state index in [2.05, 4.69) is 32.4 Å². The number of rotatable bonds is 7. The van der Waals surface area contributed by atoms with E-state index in [9.17, 15) is 0 Å². The largest absolute Gasteiger partial charge is 0.444 e. The van der Waals surface area contributed by atoms with E-state index in [1.54, 1.807) is 0 Å². The number of aromatic nitrogens is 1. The van der Waals surface area contributed by atoms with Crippen LogP contribution in [0, 0.1) is 25.7 Å². The predicted molar refractivity (Wildman–Crippen MR) is 119 cm³/mol. The van der Waals surface area contributed by atoms with Crippen molar-refractivity contribution in [2.45, 2.75) is 84.7 Å². The maximum Gasteiger partial charge on any atom is 0.208 e. The van der Waals surface area contributed by atoms with Crippen LogP contribution in [0.15, 0.2) is 9.41 Å². The van der Waals surface area contributed by atoms with Crippen LogP contribution >= 0.6 is 0 Å². The number of likely N-dealkylation sites (tertiary alicyclic amines) is 1. The van der Waals surface area contributed by atoms with Crippen LogP contribution in [0.2, 0.25) is 0 Å². The van der Waals surface area contributed by atoms with E-state index in [0.717, 1.165) is 55.4 Å². The summed E-state index contributed by atoms with van der Waals surface area (Å²) in [4.78, 5) is 11.4. The molecule has 6 heteroatoms. The van der Waals surface area contributed by atoms with E-state index in [0.29, 0.717) is 12.0 Å². The van der Waals surface area contributed by atoms with Gasteiger partial charge in [-0.05, 0) is 77.3 Å². The molecule has 0 atom stereocenters. The van der Waals surface area contributed by atoms with Gasteiger partial charge in [-0.15, -0.1) is 0 Å². The molecular formula is C23H41N5O. The van der Waals surface area contributed by atoms with Gasteiger partial charge < -0.3 is 15.1 Å². The molecule has 2 fully saturated rings. The maximum atomic E-state index is 5.74. The van der Waals surface area contributed by atoms with E-state index >= 15 is 0 Å². The highest BCUT2D eigenvalue weighted by Crippen LogP contribution is 2.27. The van der Waals surface area contributed by atoms with Crippen LogP contribution in [0.5, 0.6) is 0 Å². The first-order chi connectivity index (χ1) is 14.1. The molecule has 6 nitrogen and oxygen atoms in total. The second kappa shape index (κ2) is 11.0. The van der Waals surface area contributed by atoms with Crippen molar-refractivity contribution in [2.24, 2.45) is 16.8 Å². The number of piperidine rings is 1. The quantitative estimate of drug-likeness (QED) is 0.532. The molecule has 0 unspecified atom stereocenters. The van der Waals surface area contributed by atoms with Gasteiger partial charge in [0.1, 0.15) is 5.76 Å². The summed E-state index contributed by atoms with van der Waals surface area (Å²) in [7, 11) is 1.89. The van der Waals surface area contributed by atoms with E-state index in [4.69, 9.17) is 4.42 Å². The highest BCUT2D eigenvalue weighted by atomic mass is 16.4. The smallest absolute Gasteiger partial charge is 0.208 e. The van der Waals surface area contributed by atoms with Crippen molar-refractivity contribution in [3.63, 3.8) is 0 Å². The van der Waals surface area contributed by atoms with Gasteiger partial charge in [-0.25, -0.2) is 4.98 Å². The minimum atomic E-state index is 0.587. The molecule has 0 bridgehead atoms. The Hall–Kier alpha value is -1.56. The van der Waals surface area contributed by atoms with Crippen LogP contribution in [0.1, 0.15) is 75.6 Å². The Morgan fingerprint density at radius 1 is 1.10 bits per heavy atom. The molecule has 0 amide bonds. The zero-order valence-corrected chi connectivity index (χ0v) is 19.0. The lowest BCUT2D eigenvalue weighted by Crippen LogP contribution is -2.47. The average molecular weight is 404 g/mol. The average Bonchev–Trinajstić information content (AvgIpc) is 3.04. The Morgan fingerprint density at radius 2 is 1.83 bits per heavy atom. The number of oxazole rings is 1. The van der Waals surface area contributed by atoms with Gasteiger partial charge in [0.25, 0.3) is 0 Å². The molecule has 164 valence electrons. The fourth-order valence-corrected chi connectivity index (χ4v) is 4.78. The Morgan fingerprint density at radius 3 is 2.41 bits per heavy atom. The predicted octanol–water partition coefficient (Wildman–Crippen LogP) is 4.03. The molecule has 0 spiro atoms. The molecule has 1 aromatic rings. The summed E-state index contributed by atoms with van der Waals surface area (Å²) in [6, 6.07) is 0.587. The molecule has 2 heterocycles. The topological polar surface area (TPSA) is 65.7 Å². The number of hydrogen-bond acceptors (Lipinski definition) is 4. The molecule has 1 aromatic heterocycles. The molecule has 0 aromatic carbocycles. The van der Waals surface area contributed by atoms with Gasteiger partial charge in [-0.3, -0.25) is 9.89 Å². The van der Waals surface area contributed by atoms with Gasteiger partial charge in [0.15, 0.2) is 5.96 Å². The summed E-state index contributed by atoms with van der Waals surface area (Å²) in [5.74, 6) is 4.43. The molecule has 1 aliphatic heterocycles. The van der Waals surface area contributed by atoms with Gasteiger partial charge >= 0.3 is 0 Å². The van der Waals surface area contributed by atoms with E-state index in [1.165, 1.54) is 51.4 Å². The lowest BCUT2D eigenvalue weighted by molar-refractivity contribution is 0.164. The fourth-order valence-electron chi connectivity index (χ4n) is 4.78. The Bertz CT molecular complexity index is 620. The minimum Gasteiger partial charge on any atom is -0.444 e. The zero-order chi connectivity index (χ0) is 20.6. The number of aliphatic imine (C=N–C) groups is 1. The van der Waals surface area contributed by atoms with Crippen LogP contribution in [-0.2, 0) is 6.54 Å². The lowest BCUT2D eigenvalue weighted by atomic mass is 9.83. The van der Waals surface area contributed by atoms with Gasteiger partial charge in [0.05, 0.1) is 12.2 Å². The summed E-state index contributed by atoms with van der Waals surface area (Å²) in [5.41, 5.74) is 1.01. The minimum absolute atomic E-state index is 0.587. The van der Waals surface area contributed by atoms with Crippen molar-refractivity contribution in [3.05, 3.63) is 17.3 Å². The van der Waals surface area contributed by atoms with Crippen LogP contribution in [0.25, 0.3) is 0 Å². The third-order valence-corrected chi connectivity index (χ3v) is 6.81. The number of nitrogens with zero attached hydrogens (tertiary/aromatic N) is 3. The van der Waals surface area contributed by atoms with Gasteiger partial charge in [0, 0.05) is 19.6 Å². The van der Waals surface area contributed by atoms with E-state index < -0.39 is 0 Å². The number of guanidine groups is 1. The summed E-state index contributed by atoms with van der Waals surface area (Å²) in [5, 5.41) is 7.25. The second-order valence-corrected chi connectivity index (χ2v) is 9.07. The highest BCUT2D eigenvalue weighted by molar-refractivity contribution is 5.79. The zero-order valence-electron chi connectivity index (χ0n) is 19.0. The van der Waals surface area contributed by atoms with E-state index in [1.807, 2.05) is 20.9 Å². The second-order valence-electron chi connectivity index (χ2n) is 9.07. The molecule has 3 rings (SSSR count). The van der Waals surface area contributed by atoms with Crippen molar-refractivity contribution in [2.75, 3.05) is 26.7 Å². The van der Waals surface area contributed by atoms with Crippen molar-refractivity contribution in [1.82, 2.24) is 20.5 Å². The standard InChI is InChI=1S/C23H41N5O/c1-5-6-19-7-9-21(10-8-19)27-23(24-4)25-15-20-11-13-28(14-12-20)16-22-26-17(2)18(3)29-22/h19-21H,5-16H2,1-4H3,(H2,24,25,27). The van der Waals surface area contributed by atoms with Gasteiger partial charge in [0.2, 0.25) is 5.89 Å². The van der Waals surface area contributed by atoms with Gasteiger partial charge in [-0.2, -0.15) is 0 Å². The van der Waals surface area contributed by atoms with Crippen LogP contribution in [0.4, 0.5) is 0 Å². The first-order valence-corrected chi connectivity index (χ1v) is 11.7. The van der Waals surface area contributed by atoms with Crippen molar-refractivity contribution < 1.29 is 4.42 Å². The summed E-state index contributed by atoms with van der Waals surface area (Å²) in [6.45, 7) is 10.4. The van der Waals surface area contributed by atoms with Crippen LogP contribution < -0.4 is 10.6 Å². The molecule has 1 saturated heterocycles. The number of aryl methyl sites for hydroxylation is 2. The Balaban J connectivity index is 1.33. The normalized spacial score (nSPS) is 24.6. The molecule has 29 heavy (non-hydrogen) atoms.